The Bertz CT molecular complexity index is 1090. The Labute approximate surface area is 243 Å². The van der Waals surface area contributed by atoms with Crippen LogP contribution in [0.5, 0.6) is 0 Å². The summed E-state index contributed by atoms with van der Waals surface area (Å²) in [4.78, 5) is 26.7. The van der Waals surface area contributed by atoms with Gasteiger partial charge in [-0.15, -0.1) is 0 Å². The van der Waals surface area contributed by atoms with E-state index >= 15 is 0 Å². The zero-order valence-corrected chi connectivity index (χ0v) is 25.3. The molecule has 2 heterocycles. The number of allylic oxidation sites excluding steroid dienone is 1. The van der Waals surface area contributed by atoms with Crippen molar-refractivity contribution in [2.24, 2.45) is 45.8 Å². The van der Waals surface area contributed by atoms with Gasteiger partial charge in [0.2, 0.25) is 0 Å². The number of ether oxygens (including phenoxy) is 5. The molecule has 41 heavy (non-hydrogen) atoms. The normalized spacial score (nSPS) is 51.5. The summed E-state index contributed by atoms with van der Waals surface area (Å²) >= 11 is 0. The highest BCUT2D eigenvalue weighted by Crippen LogP contribution is 2.82. The van der Waals surface area contributed by atoms with E-state index in [0.717, 1.165) is 24.7 Å². The summed E-state index contributed by atoms with van der Waals surface area (Å²) < 4.78 is 30.7. The maximum absolute atomic E-state index is 13.6. The van der Waals surface area contributed by atoms with Crippen molar-refractivity contribution in [2.75, 3.05) is 19.8 Å². The zero-order chi connectivity index (χ0) is 29.5. The van der Waals surface area contributed by atoms with Crippen LogP contribution in [0, 0.1) is 45.8 Å². The number of carbonyl (C=O) groups excluding carboxylic acids is 1. The molecule has 4 bridgehead atoms. The predicted molar refractivity (Wildman–Crippen MR) is 148 cm³/mol. The molecule has 5 fully saturated rings. The summed E-state index contributed by atoms with van der Waals surface area (Å²) in [6, 6.07) is 0. The first-order chi connectivity index (χ1) is 19.4. The van der Waals surface area contributed by atoms with Gasteiger partial charge in [-0.25, -0.2) is 0 Å². The van der Waals surface area contributed by atoms with Gasteiger partial charge in [-0.1, -0.05) is 38.8 Å². The monoisotopic (exact) mass is 576 g/mol. The molecule has 230 valence electrons. The molecular weight excluding hydrogens is 528 g/mol. The fourth-order valence-corrected chi connectivity index (χ4v) is 10.3. The summed E-state index contributed by atoms with van der Waals surface area (Å²) in [5.74, 6) is -0.797. The second-order valence-corrected chi connectivity index (χ2v) is 14.3. The van der Waals surface area contributed by atoms with Gasteiger partial charge in [-0.3, -0.25) is 4.79 Å². The lowest BCUT2D eigenvalue weighted by atomic mass is 9.47. The lowest BCUT2D eigenvalue weighted by molar-refractivity contribution is -0.288. The molecule has 13 atom stereocenters. The lowest BCUT2D eigenvalue weighted by Gasteiger charge is -2.55. The molecule has 6 aliphatic rings. The van der Waals surface area contributed by atoms with Gasteiger partial charge in [0.25, 0.3) is 0 Å². The Morgan fingerprint density at radius 2 is 1.90 bits per heavy atom. The van der Waals surface area contributed by atoms with Gasteiger partial charge in [0.1, 0.15) is 30.0 Å². The Hall–Kier alpha value is -1.36. The fraction of sp³-hybridized carbons (Fsp3) is 0.875. The highest BCUT2D eigenvalue weighted by Gasteiger charge is 2.83. The number of carbonyl (C=O) groups is 2. The molecule has 0 spiro atoms. The van der Waals surface area contributed by atoms with Gasteiger partial charge in [0.05, 0.1) is 24.7 Å². The minimum Gasteiger partial charge on any atom is -0.481 e. The van der Waals surface area contributed by atoms with E-state index in [2.05, 4.69) is 6.92 Å². The first-order valence-electron chi connectivity index (χ1n) is 15.7. The molecule has 6 rings (SSSR count). The number of hydrogen-bond donors (Lipinski definition) is 2. The molecule has 2 aliphatic heterocycles. The molecule has 0 amide bonds. The molecule has 0 aromatic carbocycles. The summed E-state index contributed by atoms with van der Waals surface area (Å²) in [5, 5.41) is 22.6. The van der Waals surface area contributed by atoms with Crippen molar-refractivity contribution in [1.29, 1.82) is 0 Å². The van der Waals surface area contributed by atoms with Crippen molar-refractivity contribution in [3.05, 3.63) is 11.6 Å². The molecule has 0 radical (unpaired) electrons. The number of rotatable bonds is 10. The topological polar surface area (TPSA) is 121 Å². The number of fused-ring (bicyclic) bond motifs is 3. The molecule has 9 nitrogen and oxygen atoms in total. The molecule has 2 saturated heterocycles. The van der Waals surface area contributed by atoms with Crippen LogP contribution in [0.25, 0.3) is 0 Å². The summed E-state index contributed by atoms with van der Waals surface area (Å²) in [6.45, 7) is 13.1. The number of carboxylic acids is 1. The van der Waals surface area contributed by atoms with Crippen molar-refractivity contribution in [1.82, 2.24) is 0 Å². The number of aliphatic hydroxyl groups excluding tert-OH is 1. The van der Waals surface area contributed by atoms with Crippen LogP contribution in [0.15, 0.2) is 11.6 Å². The Balaban J connectivity index is 1.31. The summed E-state index contributed by atoms with van der Waals surface area (Å²) in [6.07, 6.45) is 3.05. The number of hydrogen-bond acceptors (Lipinski definition) is 8. The Morgan fingerprint density at radius 3 is 2.56 bits per heavy atom. The number of aliphatic hydroxyl groups is 1. The molecule has 2 N–H and O–H groups in total. The number of carboxylic acid groups (broad SMARTS) is 1. The van der Waals surface area contributed by atoms with E-state index in [1.165, 1.54) is 0 Å². The molecule has 0 aromatic rings. The van der Waals surface area contributed by atoms with Gasteiger partial charge in [-0.05, 0) is 69.6 Å². The summed E-state index contributed by atoms with van der Waals surface area (Å²) in [5.41, 5.74) is -2.17. The third kappa shape index (κ3) is 3.88. The van der Waals surface area contributed by atoms with Gasteiger partial charge < -0.3 is 38.7 Å². The van der Waals surface area contributed by atoms with Crippen molar-refractivity contribution in [2.45, 2.75) is 110 Å². The van der Waals surface area contributed by atoms with E-state index in [0.29, 0.717) is 44.3 Å². The van der Waals surface area contributed by atoms with Crippen LogP contribution in [-0.2, 0) is 33.3 Å². The number of aliphatic carboxylic acids is 1. The van der Waals surface area contributed by atoms with Crippen molar-refractivity contribution < 1.29 is 43.5 Å². The van der Waals surface area contributed by atoms with Crippen LogP contribution in [0.2, 0.25) is 0 Å². The summed E-state index contributed by atoms with van der Waals surface area (Å²) in [7, 11) is 0. The lowest BCUT2D eigenvalue weighted by Crippen LogP contribution is -2.61. The third-order valence-corrected chi connectivity index (χ3v) is 12.1. The minimum absolute atomic E-state index is 0.0128. The average molecular weight is 577 g/mol. The Morgan fingerprint density at radius 1 is 1.17 bits per heavy atom. The van der Waals surface area contributed by atoms with E-state index < -0.39 is 58.7 Å². The van der Waals surface area contributed by atoms with Crippen LogP contribution in [0.4, 0.5) is 0 Å². The largest absolute Gasteiger partial charge is 0.481 e. The molecule has 8 unspecified atom stereocenters. The van der Waals surface area contributed by atoms with Gasteiger partial charge >= 0.3 is 5.97 Å². The van der Waals surface area contributed by atoms with Crippen LogP contribution in [-0.4, -0.2) is 78.8 Å². The molecule has 3 saturated carbocycles. The van der Waals surface area contributed by atoms with Gasteiger partial charge in [-0.2, -0.15) is 0 Å². The van der Waals surface area contributed by atoms with E-state index in [9.17, 15) is 19.8 Å². The van der Waals surface area contributed by atoms with Crippen LogP contribution >= 0.6 is 0 Å². The molecule has 0 aromatic heterocycles. The van der Waals surface area contributed by atoms with Gasteiger partial charge in [0, 0.05) is 18.4 Å². The van der Waals surface area contributed by atoms with E-state index in [1.807, 2.05) is 40.7 Å². The highest BCUT2D eigenvalue weighted by molar-refractivity contribution is 5.88. The standard InChI is InChI=1S/C32H48O9/c1-7-37-11-10-29(6)40-25-19(5)39-27(24(34)26(25)41-29)38-16-31-12-21-18(4)8-9-20(21)23-14-30(31,15-33)13-22(17(2)3)32(23,31)28(35)36/h13,15,17-21,23-27,34H,7-12,14,16H2,1-6H3,(H,35,36)/t18?,19-,20?,21?,23?,24+,25-,26+,27-,29?,30?,31?,32?/m1/s1. The molecule has 4 aliphatic carbocycles. The number of aldehydes is 1. The quantitative estimate of drug-likeness (QED) is 0.226. The molecule has 9 heteroatoms. The average Bonchev–Trinajstić information content (AvgIpc) is 3.60. The first-order valence-corrected chi connectivity index (χ1v) is 15.7. The van der Waals surface area contributed by atoms with Crippen LogP contribution < -0.4 is 0 Å². The predicted octanol–water partition coefficient (Wildman–Crippen LogP) is 3.96. The zero-order valence-electron chi connectivity index (χ0n) is 25.3. The van der Waals surface area contributed by atoms with Crippen LogP contribution in [0.3, 0.4) is 0 Å². The fourth-order valence-electron chi connectivity index (χ4n) is 10.3. The maximum atomic E-state index is 13.6. The van der Waals surface area contributed by atoms with Gasteiger partial charge in [0.15, 0.2) is 12.1 Å². The van der Waals surface area contributed by atoms with Crippen molar-refractivity contribution in [3.63, 3.8) is 0 Å². The van der Waals surface area contributed by atoms with E-state index in [4.69, 9.17) is 23.7 Å². The van der Waals surface area contributed by atoms with Crippen LogP contribution in [0.1, 0.15) is 73.6 Å². The van der Waals surface area contributed by atoms with Crippen molar-refractivity contribution in [3.8, 4) is 0 Å². The second-order valence-electron chi connectivity index (χ2n) is 14.3. The van der Waals surface area contributed by atoms with Crippen molar-refractivity contribution >= 4 is 12.3 Å². The van der Waals surface area contributed by atoms with E-state index in [1.54, 1.807) is 0 Å². The maximum Gasteiger partial charge on any atom is 0.314 e. The minimum atomic E-state index is -1.17. The smallest absolute Gasteiger partial charge is 0.314 e. The first kappa shape index (κ1) is 29.7. The highest BCUT2D eigenvalue weighted by atomic mass is 16.8. The third-order valence-electron chi connectivity index (χ3n) is 12.1. The second kappa shape index (κ2) is 10.1. The SMILES string of the molecule is CCOCCC1(C)O[C@H]2[C@H](O)[C@H](OCC34CC5C(C)CCC5C5CC3(C=O)C=C(C(C)C)C54C(=O)O)O[C@H](C)[C@H]2O1. The van der Waals surface area contributed by atoms with E-state index in [-0.39, 0.29) is 24.4 Å². The Kier molecular flexibility index (Phi) is 7.31. The molecular formula is C32H48O9.